The van der Waals surface area contributed by atoms with E-state index in [4.69, 9.17) is 0 Å². The molecule has 0 saturated carbocycles. The van der Waals surface area contributed by atoms with E-state index in [1.165, 1.54) is 6.42 Å². The van der Waals surface area contributed by atoms with Crippen molar-refractivity contribution in [1.29, 1.82) is 0 Å². The number of hydrogen-bond donors (Lipinski definition) is 0. The van der Waals surface area contributed by atoms with Crippen molar-refractivity contribution in [2.24, 2.45) is 0 Å². The number of hydrogen-bond acceptors (Lipinski definition) is 0. The molecule has 0 amide bonds. The third-order valence-electron chi connectivity index (χ3n) is 1.57. The molecule has 0 radical (unpaired) electrons. The van der Waals surface area contributed by atoms with Crippen LogP contribution < -0.4 is 31.3 Å². The van der Waals surface area contributed by atoms with Gasteiger partial charge in [0.2, 0.25) is 0 Å². The Labute approximate surface area is 93.2 Å². The van der Waals surface area contributed by atoms with Crippen molar-refractivity contribution < 1.29 is 31.3 Å². The predicted molar refractivity (Wildman–Crippen MR) is 40.6 cm³/mol. The van der Waals surface area contributed by atoms with Gasteiger partial charge in [-0.05, 0) is 0 Å². The molecule has 0 rings (SSSR count). The second-order valence-electron chi connectivity index (χ2n) is 3.14. The van der Waals surface area contributed by atoms with Crippen molar-refractivity contribution in [3.63, 3.8) is 0 Å². The van der Waals surface area contributed by atoms with E-state index < -0.39 is 0 Å². The Hall–Kier alpha value is 1.65. The van der Waals surface area contributed by atoms with Crippen LogP contribution in [0.4, 0.5) is 0 Å². The molecule has 0 spiro atoms. The molecule has 0 bridgehead atoms. The number of halogens is 1. The van der Waals surface area contributed by atoms with Gasteiger partial charge < -0.3 is 12.4 Å². The molecule has 0 aromatic rings. The van der Waals surface area contributed by atoms with Crippen molar-refractivity contribution in [2.75, 3.05) is 0 Å². The van der Waals surface area contributed by atoms with E-state index in [0.717, 1.165) is 8.09 Å². The Balaban J connectivity index is -0.000000245. The van der Waals surface area contributed by atoms with Crippen molar-refractivity contribution in [2.45, 2.75) is 42.2 Å². The summed E-state index contributed by atoms with van der Waals surface area (Å²) in [5, 5.41) is 0. The Morgan fingerprint density at radius 1 is 1.20 bits per heavy atom. The summed E-state index contributed by atoms with van der Waals surface area (Å²) < 4.78 is 2.08. The fraction of sp³-hybridized carbons (Fsp3) is 1.00. The fourth-order valence-electron chi connectivity index (χ4n) is 0.971. The average Bonchev–Trinajstić information content (AvgIpc) is 1.65. The Kier molecular flexibility index (Phi) is 18.8. The first-order valence-electron chi connectivity index (χ1n) is 3.66. The van der Waals surface area contributed by atoms with Gasteiger partial charge >= 0.3 is 39.2 Å². The maximum atomic E-state index is 2.38. The van der Waals surface area contributed by atoms with Crippen LogP contribution in [0.3, 0.4) is 0 Å². The predicted octanol–water partition coefficient (Wildman–Crippen LogP) is -3.25. The second kappa shape index (κ2) is 10.7. The molecular formula is C7H16ClLiMg. The van der Waals surface area contributed by atoms with Crippen LogP contribution in [0.2, 0.25) is 8.09 Å². The van der Waals surface area contributed by atoms with Gasteiger partial charge in [-0.2, -0.15) is 0 Å². The number of rotatable bonds is 3. The minimum atomic E-state index is 0. The molecule has 54 valence electrons. The van der Waals surface area contributed by atoms with Crippen LogP contribution in [0.25, 0.3) is 0 Å². The second-order valence-corrected chi connectivity index (χ2v) is 6.64. The minimum absolute atomic E-state index is 0. The summed E-state index contributed by atoms with van der Waals surface area (Å²) in [6, 6.07) is 0. The Morgan fingerprint density at radius 3 is 1.70 bits per heavy atom. The van der Waals surface area contributed by atoms with E-state index in [0.29, 0.717) is 0 Å². The topological polar surface area (TPSA) is 0 Å². The molecule has 0 saturated heterocycles. The van der Waals surface area contributed by atoms with E-state index in [1.807, 2.05) is 0 Å². The Morgan fingerprint density at radius 2 is 1.60 bits per heavy atom. The molecule has 1 atom stereocenters. The van der Waals surface area contributed by atoms with E-state index in [2.05, 4.69) is 27.7 Å². The van der Waals surface area contributed by atoms with Crippen LogP contribution in [-0.2, 0) is 0 Å². The van der Waals surface area contributed by atoms with E-state index in [1.54, 1.807) is 0 Å². The van der Waals surface area contributed by atoms with Crippen LogP contribution in [0.5, 0.6) is 0 Å². The van der Waals surface area contributed by atoms with Gasteiger partial charge in [0.05, 0.1) is 0 Å². The standard InChI is InChI=1S/C4H9.C3H7.ClH.Li.Mg/c1-3-4-2;1-3-2;;;/h3H,4H2,1-2H3;3H,1-2H3;1H;;/q;;;+1;/p-1. The molecule has 0 heterocycles. The smallest absolute Gasteiger partial charge is 1.00 e. The summed E-state index contributed by atoms with van der Waals surface area (Å²) in [5.41, 5.74) is 0. The summed E-state index contributed by atoms with van der Waals surface area (Å²) in [7, 11) is 0. The zero-order valence-electron chi connectivity index (χ0n) is 7.95. The van der Waals surface area contributed by atoms with Crippen molar-refractivity contribution in [3.05, 3.63) is 0 Å². The van der Waals surface area contributed by atoms with Gasteiger partial charge in [-0.1, -0.05) is 34.1 Å². The third kappa shape index (κ3) is 12.3. The SMILES string of the molecule is CC[CH](C)[Mg][CH](C)C.[Cl-].[Li+]. The molecule has 0 N–H and O–H groups in total. The van der Waals surface area contributed by atoms with E-state index in [-0.39, 0.29) is 51.6 Å². The summed E-state index contributed by atoms with van der Waals surface area (Å²) in [6.07, 6.45) is 1.39. The fourth-order valence-corrected chi connectivity index (χ4v) is 2.91. The molecule has 3 heteroatoms. The van der Waals surface area contributed by atoms with Gasteiger partial charge in [-0.15, -0.1) is 8.09 Å². The summed E-state index contributed by atoms with van der Waals surface area (Å²) in [4.78, 5) is 0. The first-order valence-corrected chi connectivity index (χ1v) is 5.30. The molecule has 0 nitrogen and oxygen atoms in total. The van der Waals surface area contributed by atoms with Crippen molar-refractivity contribution >= 4 is 20.4 Å². The van der Waals surface area contributed by atoms with Gasteiger partial charge in [0.15, 0.2) is 0 Å². The largest absolute Gasteiger partial charge is 1.00 e. The van der Waals surface area contributed by atoms with E-state index in [9.17, 15) is 0 Å². The first kappa shape index (κ1) is 17.7. The van der Waals surface area contributed by atoms with Crippen LogP contribution in [0.15, 0.2) is 0 Å². The van der Waals surface area contributed by atoms with Crippen LogP contribution in [-0.4, -0.2) is 20.4 Å². The summed E-state index contributed by atoms with van der Waals surface area (Å²) in [6.45, 7) is 9.36. The first-order chi connectivity index (χ1) is 3.66. The monoisotopic (exact) mass is 166 g/mol. The molecular weight excluding hydrogens is 151 g/mol. The molecule has 1 unspecified atom stereocenters. The van der Waals surface area contributed by atoms with Crippen molar-refractivity contribution in [3.8, 4) is 0 Å². The molecule has 10 heavy (non-hydrogen) atoms. The van der Waals surface area contributed by atoms with Gasteiger partial charge in [-0.3, -0.25) is 0 Å². The Bertz CT molecular complexity index is 59.6. The van der Waals surface area contributed by atoms with Gasteiger partial charge in [0, 0.05) is 0 Å². The molecule has 0 aliphatic heterocycles. The van der Waals surface area contributed by atoms with Crippen molar-refractivity contribution in [1.82, 2.24) is 0 Å². The molecule has 0 aromatic carbocycles. The summed E-state index contributed by atoms with van der Waals surface area (Å²) in [5.74, 6) is 0. The average molecular weight is 167 g/mol. The molecule has 0 aliphatic rings. The normalized spacial score (nSPS) is 10.9. The maximum Gasteiger partial charge on any atom is 1.00 e. The summed E-state index contributed by atoms with van der Waals surface area (Å²) >= 11 is 0.270. The van der Waals surface area contributed by atoms with Crippen LogP contribution in [0, 0.1) is 0 Å². The molecule has 0 fully saturated rings. The van der Waals surface area contributed by atoms with Gasteiger partial charge in [-0.25, -0.2) is 0 Å². The maximum absolute atomic E-state index is 2.38. The quantitative estimate of drug-likeness (QED) is 0.387. The zero-order chi connectivity index (χ0) is 6.57. The third-order valence-corrected chi connectivity index (χ3v) is 3.90. The van der Waals surface area contributed by atoms with Crippen LogP contribution in [0.1, 0.15) is 34.1 Å². The van der Waals surface area contributed by atoms with E-state index >= 15 is 0 Å². The molecule has 0 aromatic heterocycles. The van der Waals surface area contributed by atoms with Crippen LogP contribution >= 0.6 is 0 Å². The van der Waals surface area contributed by atoms with Gasteiger partial charge in [0.1, 0.15) is 0 Å². The van der Waals surface area contributed by atoms with Gasteiger partial charge in [0.25, 0.3) is 0 Å². The minimum Gasteiger partial charge on any atom is -1.00 e. The zero-order valence-corrected chi connectivity index (χ0v) is 10.1. The molecule has 0 aliphatic carbocycles.